The minimum Gasteiger partial charge on any atom is -0.352 e. The second kappa shape index (κ2) is 6.98. The fourth-order valence-corrected chi connectivity index (χ4v) is 3.46. The maximum Gasteiger partial charge on any atom is 0.217 e. The van der Waals surface area contributed by atoms with Gasteiger partial charge in [0.1, 0.15) is 5.01 Å². The van der Waals surface area contributed by atoms with Gasteiger partial charge in [-0.15, -0.1) is 11.3 Å². The highest BCUT2D eigenvalue weighted by Gasteiger charge is 2.27. The van der Waals surface area contributed by atoms with E-state index in [0.29, 0.717) is 12.6 Å². The van der Waals surface area contributed by atoms with Crippen LogP contribution in [-0.2, 0) is 17.9 Å². The van der Waals surface area contributed by atoms with Gasteiger partial charge in [-0.3, -0.25) is 14.7 Å². The summed E-state index contributed by atoms with van der Waals surface area (Å²) >= 11 is 1.71. The van der Waals surface area contributed by atoms with Crippen LogP contribution in [0.2, 0.25) is 0 Å². The molecule has 1 fully saturated rings. The van der Waals surface area contributed by atoms with Gasteiger partial charge >= 0.3 is 0 Å². The lowest BCUT2D eigenvalue weighted by molar-refractivity contribution is -0.119. The number of hydrogen-bond donors (Lipinski definition) is 1. The smallest absolute Gasteiger partial charge is 0.217 e. The first-order valence-electron chi connectivity index (χ1n) is 7.54. The first kappa shape index (κ1) is 15.1. The number of carbonyl (C=O) groups excluding carboxylic acids is 1. The minimum absolute atomic E-state index is 0.0190. The quantitative estimate of drug-likeness (QED) is 0.921. The second-order valence-electron chi connectivity index (χ2n) is 5.56. The van der Waals surface area contributed by atoms with E-state index in [9.17, 15) is 4.79 Å². The second-order valence-corrected chi connectivity index (χ2v) is 6.53. The molecule has 6 heteroatoms. The predicted octanol–water partition coefficient (Wildman–Crippen LogP) is 2.51. The topological polar surface area (TPSA) is 58.1 Å². The highest BCUT2D eigenvalue weighted by molar-refractivity contribution is 7.09. The number of nitrogens with one attached hydrogen (secondary N) is 1. The highest BCUT2D eigenvalue weighted by atomic mass is 32.1. The van der Waals surface area contributed by atoms with E-state index in [0.717, 1.165) is 35.8 Å². The van der Waals surface area contributed by atoms with Crippen molar-refractivity contribution in [2.75, 3.05) is 6.54 Å². The predicted molar refractivity (Wildman–Crippen MR) is 86.3 cm³/mol. The monoisotopic (exact) mass is 316 g/mol. The number of thiazole rings is 1. The van der Waals surface area contributed by atoms with E-state index in [4.69, 9.17) is 0 Å². The lowest BCUT2D eigenvalue weighted by Crippen LogP contribution is -2.23. The molecule has 0 unspecified atom stereocenters. The summed E-state index contributed by atoms with van der Waals surface area (Å²) in [6.07, 6.45) is 6.07. The fraction of sp³-hybridized carbons (Fsp3) is 0.438. The highest BCUT2D eigenvalue weighted by Crippen LogP contribution is 2.32. The fourth-order valence-electron chi connectivity index (χ4n) is 2.82. The molecule has 0 saturated carbocycles. The number of aromatic nitrogens is 2. The van der Waals surface area contributed by atoms with E-state index < -0.39 is 0 Å². The zero-order chi connectivity index (χ0) is 15.4. The lowest BCUT2D eigenvalue weighted by Gasteiger charge is -2.23. The zero-order valence-corrected chi connectivity index (χ0v) is 13.5. The summed E-state index contributed by atoms with van der Waals surface area (Å²) in [7, 11) is 0. The van der Waals surface area contributed by atoms with E-state index in [1.807, 2.05) is 17.8 Å². The van der Waals surface area contributed by atoms with Crippen molar-refractivity contribution < 1.29 is 4.79 Å². The van der Waals surface area contributed by atoms with Gasteiger partial charge in [0.25, 0.3) is 0 Å². The molecule has 1 aliphatic heterocycles. The van der Waals surface area contributed by atoms with Gasteiger partial charge in [0.15, 0.2) is 0 Å². The van der Waals surface area contributed by atoms with Crippen molar-refractivity contribution in [3.63, 3.8) is 0 Å². The van der Waals surface area contributed by atoms with Crippen molar-refractivity contribution in [1.82, 2.24) is 20.2 Å². The summed E-state index contributed by atoms with van der Waals surface area (Å²) in [5.41, 5.74) is 2.14. The standard InChI is InChI=1S/C16H20N4OS/c1-12(21)18-9-13-4-5-14(19-10-13)15-3-2-7-20(15)11-16-17-6-8-22-16/h4-6,8,10,15H,2-3,7,9,11H2,1H3,(H,18,21)/t15-/m1/s1. The Balaban J connectivity index is 1.65. The number of pyridine rings is 1. The van der Waals surface area contributed by atoms with Crippen molar-refractivity contribution >= 4 is 17.2 Å². The molecule has 5 nitrogen and oxygen atoms in total. The molecule has 0 aliphatic carbocycles. The van der Waals surface area contributed by atoms with E-state index in [2.05, 4.69) is 32.3 Å². The summed E-state index contributed by atoms with van der Waals surface area (Å²) in [6, 6.07) is 4.51. The van der Waals surface area contributed by atoms with Gasteiger partial charge < -0.3 is 5.32 Å². The summed E-state index contributed by atoms with van der Waals surface area (Å²) in [6.45, 7) is 4.06. The van der Waals surface area contributed by atoms with Crippen LogP contribution >= 0.6 is 11.3 Å². The summed E-state index contributed by atoms with van der Waals surface area (Å²) in [5.74, 6) is -0.0190. The van der Waals surface area contributed by atoms with Crippen molar-refractivity contribution in [1.29, 1.82) is 0 Å². The maximum absolute atomic E-state index is 10.9. The summed E-state index contributed by atoms with van der Waals surface area (Å²) < 4.78 is 0. The Kier molecular flexibility index (Phi) is 4.80. The molecule has 1 aliphatic rings. The molecule has 1 amide bonds. The van der Waals surface area contributed by atoms with E-state index in [-0.39, 0.29) is 5.91 Å². The summed E-state index contributed by atoms with van der Waals surface area (Å²) in [5, 5.41) is 5.98. The van der Waals surface area contributed by atoms with Crippen LogP contribution in [0.25, 0.3) is 0 Å². The Hall–Kier alpha value is -1.79. The van der Waals surface area contributed by atoms with Gasteiger partial charge in [-0.25, -0.2) is 4.98 Å². The van der Waals surface area contributed by atoms with Crippen LogP contribution in [0.15, 0.2) is 29.9 Å². The Labute approximate surface area is 134 Å². The minimum atomic E-state index is -0.0190. The van der Waals surface area contributed by atoms with Crippen molar-refractivity contribution in [3.05, 3.63) is 46.2 Å². The average molecular weight is 316 g/mol. The normalized spacial score (nSPS) is 18.5. The molecule has 2 aromatic rings. The van der Waals surface area contributed by atoms with Crippen LogP contribution in [0.5, 0.6) is 0 Å². The molecular formula is C16H20N4OS. The van der Waals surface area contributed by atoms with Gasteiger partial charge in [-0.05, 0) is 31.0 Å². The summed E-state index contributed by atoms with van der Waals surface area (Å²) in [4.78, 5) is 22.4. The molecule has 1 N–H and O–H groups in total. The maximum atomic E-state index is 10.9. The Morgan fingerprint density at radius 1 is 1.45 bits per heavy atom. The Morgan fingerprint density at radius 2 is 2.36 bits per heavy atom. The lowest BCUT2D eigenvalue weighted by atomic mass is 10.1. The van der Waals surface area contributed by atoms with E-state index in [1.54, 1.807) is 11.3 Å². The number of rotatable bonds is 5. The molecular weight excluding hydrogens is 296 g/mol. The third-order valence-corrected chi connectivity index (χ3v) is 4.68. The molecule has 0 radical (unpaired) electrons. The van der Waals surface area contributed by atoms with Gasteiger partial charge in [0.2, 0.25) is 5.91 Å². The van der Waals surface area contributed by atoms with Crippen molar-refractivity contribution in [2.24, 2.45) is 0 Å². The van der Waals surface area contributed by atoms with Gasteiger partial charge in [0.05, 0.1) is 18.3 Å². The average Bonchev–Trinajstić information content (AvgIpc) is 3.18. The molecule has 3 heterocycles. The third kappa shape index (κ3) is 3.69. The Bertz CT molecular complexity index is 612. The number of likely N-dealkylation sites (tertiary alicyclic amines) is 1. The van der Waals surface area contributed by atoms with Gasteiger partial charge in [-0.1, -0.05) is 6.07 Å². The molecule has 1 atom stereocenters. The first-order chi connectivity index (χ1) is 10.7. The number of carbonyl (C=O) groups is 1. The van der Waals surface area contributed by atoms with Crippen molar-refractivity contribution in [2.45, 2.75) is 38.9 Å². The van der Waals surface area contributed by atoms with Crippen LogP contribution in [0, 0.1) is 0 Å². The molecule has 2 aromatic heterocycles. The Morgan fingerprint density at radius 3 is 3.05 bits per heavy atom. The zero-order valence-electron chi connectivity index (χ0n) is 12.7. The van der Waals surface area contributed by atoms with Crippen LogP contribution in [-0.4, -0.2) is 27.3 Å². The first-order valence-corrected chi connectivity index (χ1v) is 8.42. The van der Waals surface area contributed by atoms with Gasteiger partial charge in [-0.2, -0.15) is 0 Å². The molecule has 22 heavy (non-hydrogen) atoms. The van der Waals surface area contributed by atoms with Crippen molar-refractivity contribution in [3.8, 4) is 0 Å². The molecule has 0 bridgehead atoms. The number of hydrogen-bond acceptors (Lipinski definition) is 5. The number of nitrogens with zero attached hydrogens (tertiary/aromatic N) is 3. The van der Waals surface area contributed by atoms with Crippen LogP contribution in [0.4, 0.5) is 0 Å². The third-order valence-electron chi connectivity index (χ3n) is 3.92. The van der Waals surface area contributed by atoms with Crippen LogP contribution in [0.1, 0.15) is 42.1 Å². The molecule has 1 saturated heterocycles. The van der Waals surface area contributed by atoms with E-state index >= 15 is 0 Å². The van der Waals surface area contributed by atoms with Gasteiger partial charge in [0, 0.05) is 31.2 Å². The number of amides is 1. The molecule has 116 valence electrons. The van der Waals surface area contributed by atoms with Crippen LogP contribution in [0.3, 0.4) is 0 Å². The molecule has 0 spiro atoms. The molecule has 3 rings (SSSR count). The SMILES string of the molecule is CC(=O)NCc1ccc([C@H]2CCCN2Cc2nccs2)nc1. The van der Waals surface area contributed by atoms with Crippen LogP contribution < -0.4 is 5.32 Å². The van der Waals surface area contributed by atoms with E-state index in [1.165, 1.54) is 13.3 Å². The largest absolute Gasteiger partial charge is 0.352 e. The molecule has 0 aromatic carbocycles.